The third-order valence-electron chi connectivity index (χ3n) is 6.37. The highest BCUT2D eigenvalue weighted by Gasteiger charge is 2.48. The Morgan fingerprint density at radius 3 is 2.81 bits per heavy atom. The fraction of sp³-hybridized carbons (Fsp3) is 0.304. The summed E-state index contributed by atoms with van der Waals surface area (Å²) in [7, 11) is 1.74. The first-order valence-electron chi connectivity index (χ1n) is 10.5. The van der Waals surface area contributed by atoms with Crippen molar-refractivity contribution >= 4 is 17.8 Å². The van der Waals surface area contributed by atoms with E-state index in [4.69, 9.17) is 4.74 Å². The lowest BCUT2D eigenvalue weighted by Crippen LogP contribution is -2.45. The third-order valence-corrected chi connectivity index (χ3v) is 6.37. The van der Waals surface area contributed by atoms with Gasteiger partial charge in [0, 0.05) is 43.3 Å². The molecule has 9 heteroatoms. The number of hydrogen-bond acceptors (Lipinski definition) is 5. The summed E-state index contributed by atoms with van der Waals surface area (Å²) in [6.45, 7) is 0. The van der Waals surface area contributed by atoms with E-state index in [0.29, 0.717) is 42.8 Å². The SMILES string of the molecule is CN(C(=O)Nc1ccn(-c2ccccc2F)n1)C1CCC2(CC1)OC(=O)c1ccncc12. The summed E-state index contributed by atoms with van der Waals surface area (Å²) in [5, 5.41) is 7.02. The zero-order chi connectivity index (χ0) is 22.3. The van der Waals surface area contributed by atoms with Crippen LogP contribution >= 0.6 is 0 Å². The number of halogens is 1. The van der Waals surface area contributed by atoms with E-state index in [1.54, 1.807) is 60.9 Å². The second-order valence-electron chi connectivity index (χ2n) is 8.17. The average Bonchev–Trinajstić information content (AvgIpc) is 3.37. The van der Waals surface area contributed by atoms with Gasteiger partial charge < -0.3 is 9.64 Å². The number of anilines is 1. The number of nitrogens with zero attached hydrogens (tertiary/aromatic N) is 4. The smallest absolute Gasteiger partial charge is 0.339 e. The van der Waals surface area contributed by atoms with Crippen molar-refractivity contribution in [3.05, 3.63) is 71.9 Å². The minimum absolute atomic E-state index is 0.00583. The van der Waals surface area contributed by atoms with Gasteiger partial charge in [-0.15, -0.1) is 5.10 Å². The van der Waals surface area contributed by atoms with Crippen LogP contribution in [0.5, 0.6) is 0 Å². The Labute approximate surface area is 184 Å². The predicted molar refractivity (Wildman–Crippen MR) is 114 cm³/mol. The Bertz CT molecular complexity index is 1190. The van der Waals surface area contributed by atoms with Crippen LogP contribution in [0.25, 0.3) is 5.69 Å². The zero-order valence-corrected chi connectivity index (χ0v) is 17.5. The number of ether oxygens (including phenoxy) is 1. The molecule has 1 fully saturated rings. The first kappa shape index (κ1) is 20.2. The Balaban J connectivity index is 1.23. The number of urea groups is 1. The molecule has 5 rings (SSSR count). The van der Waals surface area contributed by atoms with E-state index in [0.717, 1.165) is 5.56 Å². The minimum atomic E-state index is -0.646. The summed E-state index contributed by atoms with van der Waals surface area (Å²) in [6, 6.07) is 9.31. The molecule has 164 valence electrons. The van der Waals surface area contributed by atoms with Crippen molar-refractivity contribution < 1.29 is 18.7 Å². The van der Waals surface area contributed by atoms with E-state index in [1.807, 2.05) is 0 Å². The highest BCUT2D eigenvalue weighted by Crippen LogP contribution is 2.47. The fourth-order valence-electron chi connectivity index (χ4n) is 4.58. The highest BCUT2D eigenvalue weighted by molar-refractivity contribution is 5.94. The molecule has 1 saturated carbocycles. The number of pyridine rings is 1. The molecule has 0 saturated heterocycles. The Hall–Kier alpha value is -3.75. The maximum absolute atomic E-state index is 14.0. The number of aromatic nitrogens is 3. The molecule has 2 aliphatic rings. The maximum Gasteiger partial charge on any atom is 0.339 e. The van der Waals surface area contributed by atoms with Gasteiger partial charge in [-0.2, -0.15) is 0 Å². The molecule has 3 aromatic rings. The van der Waals surface area contributed by atoms with Crippen molar-refractivity contribution in [2.45, 2.75) is 37.3 Å². The summed E-state index contributed by atoms with van der Waals surface area (Å²) >= 11 is 0. The summed E-state index contributed by atoms with van der Waals surface area (Å²) < 4.78 is 21.1. The van der Waals surface area contributed by atoms with Gasteiger partial charge in [0.15, 0.2) is 5.82 Å². The molecule has 3 heterocycles. The first-order valence-corrected chi connectivity index (χ1v) is 10.5. The second-order valence-corrected chi connectivity index (χ2v) is 8.17. The molecule has 0 atom stereocenters. The number of carbonyl (C=O) groups excluding carboxylic acids is 2. The molecule has 0 radical (unpaired) electrons. The minimum Gasteiger partial charge on any atom is -0.450 e. The average molecular weight is 435 g/mol. The molecule has 1 aliphatic carbocycles. The van der Waals surface area contributed by atoms with Gasteiger partial charge in [-0.1, -0.05) is 12.1 Å². The van der Waals surface area contributed by atoms with Crippen LogP contribution in [0.3, 0.4) is 0 Å². The quantitative estimate of drug-likeness (QED) is 0.631. The third kappa shape index (κ3) is 3.39. The van der Waals surface area contributed by atoms with Crippen molar-refractivity contribution in [2.24, 2.45) is 0 Å². The van der Waals surface area contributed by atoms with Crippen LogP contribution < -0.4 is 5.32 Å². The standard InChI is InChI=1S/C23H22FN5O3/c1-28(22(31)26-20-9-13-29(27-20)19-5-3-2-4-18(19)24)15-6-10-23(11-7-15)17-14-25-12-8-16(17)21(30)32-23/h2-5,8-9,12-15H,6-7,10-11H2,1H3,(H,26,27,31). The Morgan fingerprint density at radius 1 is 1.25 bits per heavy atom. The van der Waals surface area contributed by atoms with E-state index in [2.05, 4.69) is 15.4 Å². The van der Waals surface area contributed by atoms with E-state index in [9.17, 15) is 14.0 Å². The summed E-state index contributed by atoms with van der Waals surface area (Å²) in [5.41, 5.74) is 1.08. The van der Waals surface area contributed by atoms with Crippen LogP contribution in [-0.4, -0.2) is 44.8 Å². The Kier molecular flexibility index (Phi) is 4.88. The molecule has 32 heavy (non-hydrogen) atoms. The van der Waals surface area contributed by atoms with Gasteiger partial charge in [-0.05, 0) is 43.9 Å². The highest BCUT2D eigenvalue weighted by atomic mass is 19.1. The van der Waals surface area contributed by atoms with Crippen LogP contribution in [0.4, 0.5) is 15.0 Å². The number of nitrogens with one attached hydrogen (secondary N) is 1. The molecule has 2 amide bonds. The summed E-state index contributed by atoms with van der Waals surface area (Å²) in [5.74, 6) is -0.370. The number of amides is 2. The summed E-state index contributed by atoms with van der Waals surface area (Å²) in [6.07, 6.45) is 7.53. The van der Waals surface area contributed by atoms with Gasteiger partial charge in [0.2, 0.25) is 0 Å². The van der Waals surface area contributed by atoms with E-state index in [1.165, 1.54) is 10.7 Å². The van der Waals surface area contributed by atoms with E-state index < -0.39 is 11.4 Å². The van der Waals surface area contributed by atoms with Gasteiger partial charge in [0.25, 0.3) is 0 Å². The number of esters is 1. The van der Waals surface area contributed by atoms with Crippen LogP contribution in [0, 0.1) is 5.82 Å². The van der Waals surface area contributed by atoms with Gasteiger partial charge in [0.1, 0.15) is 17.1 Å². The molecule has 1 N–H and O–H groups in total. The zero-order valence-electron chi connectivity index (χ0n) is 17.5. The molecule has 1 spiro atoms. The number of para-hydroxylation sites is 1. The van der Waals surface area contributed by atoms with Crippen LogP contribution in [0.2, 0.25) is 0 Å². The number of hydrogen-bond donors (Lipinski definition) is 1. The van der Waals surface area contributed by atoms with Gasteiger partial charge in [0.05, 0.1) is 5.56 Å². The molecule has 2 aromatic heterocycles. The van der Waals surface area contributed by atoms with Crippen molar-refractivity contribution in [3.8, 4) is 5.69 Å². The molecule has 0 unspecified atom stereocenters. The number of fused-ring (bicyclic) bond motifs is 2. The predicted octanol–water partition coefficient (Wildman–Crippen LogP) is 3.88. The molecular weight excluding hydrogens is 413 g/mol. The van der Waals surface area contributed by atoms with E-state index >= 15 is 0 Å². The van der Waals surface area contributed by atoms with E-state index in [-0.39, 0.29) is 18.0 Å². The second kappa shape index (κ2) is 7.74. The molecule has 1 aliphatic heterocycles. The molecule has 0 bridgehead atoms. The fourth-order valence-corrected chi connectivity index (χ4v) is 4.58. The van der Waals surface area contributed by atoms with Crippen LogP contribution in [-0.2, 0) is 10.3 Å². The van der Waals surface area contributed by atoms with Crippen molar-refractivity contribution in [2.75, 3.05) is 12.4 Å². The number of carbonyl (C=O) groups is 2. The number of benzene rings is 1. The van der Waals surface area contributed by atoms with Crippen LogP contribution in [0.1, 0.15) is 41.6 Å². The lowest BCUT2D eigenvalue weighted by Gasteiger charge is -2.39. The van der Waals surface area contributed by atoms with Gasteiger partial charge >= 0.3 is 12.0 Å². The lowest BCUT2D eigenvalue weighted by molar-refractivity contribution is -0.0374. The monoisotopic (exact) mass is 435 g/mol. The maximum atomic E-state index is 14.0. The molecule has 1 aromatic carbocycles. The Morgan fingerprint density at radius 2 is 2.03 bits per heavy atom. The normalized spacial score (nSPS) is 21.8. The molecule has 8 nitrogen and oxygen atoms in total. The van der Waals surface area contributed by atoms with Crippen molar-refractivity contribution in [1.82, 2.24) is 19.7 Å². The number of rotatable bonds is 3. The van der Waals surface area contributed by atoms with Crippen molar-refractivity contribution in [3.63, 3.8) is 0 Å². The molecular formula is C23H22FN5O3. The first-order chi connectivity index (χ1) is 15.5. The largest absolute Gasteiger partial charge is 0.450 e. The lowest BCUT2D eigenvalue weighted by atomic mass is 9.77. The topological polar surface area (TPSA) is 89.4 Å². The summed E-state index contributed by atoms with van der Waals surface area (Å²) in [4.78, 5) is 30.8. The van der Waals surface area contributed by atoms with Gasteiger partial charge in [-0.25, -0.2) is 18.7 Å². The van der Waals surface area contributed by atoms with Crippen molar-refractivity contribution in [1.29, 1.82) is 0 Å². The van der Waals surface area contributed by atoms with Gasteiger partial charge in [-0.3, -0.25) is 10.3 Å². The van der Waals surface area contributed by atoms with Crippen LogP contribution in [0.15, 0.2) is 55.0 Å².